The molecule has 17 heavy (non-hydrogen) atoms. The number of benzene rings is 1. The Bertz CT molecular complexity index is 571. The third kappa shape index (κ3) is 1.46. The summed E-state index contributed by atoms with van der Waals surface area (Å²) in [5.41, 5.74) is 3.95. The molecule has 0 saturated carbocycles. The number of carbonyl (C=O) groups is 1. The number of hydrogen-bond donors (Lipinski definition) is 1. The van der Waals surface area contributed by atoms with Gasteiger partial charge in [-0.05, 0) is 30.9 Å². The Morgan fingerprint density at radius 2 is 2.24 bits per heavy atom. The minimum Gasteiger partial charge on any atom is -0.350 e. The number of nitrogens with one attached hydrogen (secondary N) is 1. The van der Waals surface area contributed by atoms with Crippen LogP contribution >= 0.6 is 0 Å². The number of nitrogens with zero attached hydrogens (tertiary/aromatic N) is 1. The molecule has 0 radical (unpaired) electrons. The summed E-state index contributed by atoms with van der Waals surface area (Å²) in [6, 6.07) is 8.65. The summed E-state index contributed by atoms with van der Waals surface area (Å²) < 4.78 is 2.23. The Balaban J connectivity index is 2.25. The van der Waals surface area contributed by atoms with Crippen molar-refractivity contribution < 1.29 is 4.79 Å². The van der Waals surface area contributed by atoms with Crippen molar-refractivity contribution in [2.24, 2.45) is 7.05 Å². The van der Waals surface area contributed by atoms with Gasteiger partial charge in [-0.15, -0.1) is 0 Å². The number of aromatic nitrogens is 1. The molecule has 2 aromatic rings. The van der Waals surface area contributed by atoms with Gasteiger partial charge < -0.3 is 9.88 Å². The van der Waals surface area contributed by atoms with Gasteiger partial charge in [0.05, 0.1) is 6.04 Å². The molecule has 1 amide bonds. The second-order valence-electron chi connectivity index (χ2n) is 4.67. The van der Waals surface area contributed by atoms with E-state index in [2.05, 4.69) is 41.2 Å². The van der Waals surface area contributed by atoms with E-state index in [-0.39, 0.29) is 6.04 Å². The largest absolute Gasteiger partial charge is 0.350 e. The predicted octanol–water partition coefficient (Wildman–Crippen LogP) is 2.30. The lowest BCUT2D eigenvalue weighted by Gasteiger charge is -2.23. The maximum absolute atomic E-state index is 10.7. The first kappa shape index (κ1) is 10.4. The highest BCUT2D eigenvalue weighted by atomic mass is 16.1. The molecule has 1 aromatic heterocycles. The van der Waals surface area contributed by atoms with Crippen LogP contribution in [-0.2, 0) is 18.3 Å². The number of carbonyl (C=O) groups excluding carboxylic acids is 1. The Kier molecular flexibility index (Phi) is 2.39. The molecular formula is C14H16N2O. The van der Waals surface area contributed by atoms with E-state index in [4.69, 9.17) is 0 Å². The molecule has 1 aliphatic carbocycles. The third-order valence-corrected chi connectivity index (χ3v) is 3.78. The van der Waals surface area contributed by atoms with E-state index < -0.39 is 0 Å². The molecule has 3 heteroatoms. The van der Waals surface area contributed by atoms with E-state index in [0.29, 0.717) is 0 Å². The molecule has 1 N–H and O–H groups in total. The first-order valence-corrected chi connectivity index (χ1v) is 6.09. The molecule has 3 rings (SSSR count). The van der Waals surface area contributed by atoms with E-state index in [0.717, 1.165) is 25.7 Å². The Labute approximate surface area is 100 Å². The molecule has 1 heterocycles. The molecule has 1 aromatic carbocycles. The van der Waals surface area contributed by atoms with Crippen LogP contribution in [0.5, 0.6) is 0 Å². The summed E-state index contributed by atoms with van der Waals surface area (Å²) in [6.07, 6.45) is 4.12. The Morgan fingerprint density at radius 3 is 3.06 bits per heavy atom. The topological polar surface area (TPSA) is 34.0 Å². The maximum atomic E-state index is 10.7. The first-order chi connectivity index (χ1) is 8.33. The highest BCUT2D eigenvalue weighted by Gasteiger charge is 2.25. The predicted molar refractivity (Wildman–Crippen MR) is 67.8 cm³/mol. The average molecular weight is 228 g/mol. The fraction of sp³-hybridized carbons (Fsp3) is 0.357. The van der Waals surface area contributed by atoms with Crippen LogP contribution in [0.3, 0.4) is 0 Å². The fourth-order valence-corrected chi connectivity index (χ4v) is 3.06. The van der Waals surface area contributed by atoms with Crippen molar-refractivity contribution in [3.63, 3.8) is 0 Å². The second-order valence-corrected chi connectivity index (χ2v) is 4.67. The number of para-hydroxylation sites is 1. The summed E-state index contributed by atoms with van der Waals surface area (Å²) in [7, 11) is 2.09. The zero-order valence-corrected chi connectivity index (χ0v) is 9.94. The molecule has 1 aliphatic rings. The fourth-order valence-electron chi connectivity index (χ4n) is 3.06. The molecule has 88 valence electrons. The number of fused-ring (bicyclic) bond motifs is 3. The smallest absolute Gasteiger partial charge is 0.207 e. The van der Waals surface area contributed by atoms with Crippen LogP contribution in [0.1, 0.15) is 30.1 Å². The molecule has 3 nitrogen and oxygen atoms in total. The van der Waals surface area contributed by atoms with Gasteiger partial charge in [-0.1, -0.05) is 18.2 Å². The van der Waals surface area contributed by atoms with E-state index >= 15 is 0 Å². The molecule has 0 spiro atoms. The summed E-state index contributed by atoms with van der Waals surface area (Å²) in [4.78, 5) is 10.7. The van der Waals surface area contributed by atoms with E-state index in [1.165, 1.54) is 22.2 Å². The average Bonchev–Trinajstić information content (AvgIpc) is 2.66. The number of aryl methyl sites for hydroxylation is 2. The molecular weight excluding hydrogens is 212 g/mol. The first-order valence-electron chi connectivity index (χ1n) is 6.09. The summed E-state index contributed by atoms with van der Waals surface area (Å²) in [5, 5.41) is 4.28. The van der Waals surface area contributed by atoms with Gasteiger partial charge in [0.25, 0.3) is 0 Å². The monoisotopic (exact) mass is 228 g/mol. The summed E-state index contributed by atoms with van der Waals surface area (Å²) in [6.45, 7) is 0. The van der Waals surface area contributed by atoms with E-state index in [9.17, 15) is 4.79 Å². The van der Waals surface area contributed by atoms with Crippen molar-refractivity contribution in [3.05, 3.63) is 35.5 Å². The second kappa shape index (κ2) is 3.91. The van der Waals surface area contributed by atoms with Gasteiger partial charge in [0, 0.05) is 23.6 Å². The van der Waals surface area contributed by atoms with Gasteiger partial charge in [-0.25, -0.2) is 0 Å². The van der Waals surface area contributed by atoms with Crippen molar-refractivity contribution in [2.45, 2.75) is 25.3 Å². The van der Waals surface area contributed by atoms with Gasteiger partial charge in [0.15, 0.2) is 0 Å². The van der Waals surface area contributed by atoms with Gasteiger partial charge in [0.1, 0.15) is 0 Å². The van der Waals surface area contributed by atoms with Crippen molar-refractivity contribution >= 4 is 17.3 Å². The van der Waals surface area contributed by atoms with Crippen molar-refractivity contribution in [3.8, 4) is 0 Å². The van der Waals surface area contributed by atoms with Gasteiger partial charge >= 0.3 is 0 Å². The van der Waals surface area contributed by atoms with Crippen LogP contribution < -0.4 is 5.32 Å². The molecule has 1 atom stereocenters. The molecule has 0 unspecified atom stereocenters. The van der Waals surface area contributed by atoms with E-state index in [1.807, 2.05) is 0 Å². The lowest BCUT2D eigenvalue weighted by molar-refractivity contribution is -0.110. The molecule has 0 fully saturated rings. The molecule has 0 saturated heterocycles. The highest BCUT2D eigenvalue weighted by molar-refractivity contribution is 5.86. The minimum absolute atomic E-state index is 0.175. The van der Waals surface area contributed by atoms with Crippen LogP contribution in [0.15, 0.2) is 24.3 Å². The number of rotatable bonds is 2. The lowest BCUT2D eigenvalue weighted by atomic mass is 9.92. The van der Waals surface area contributed by atoms with Crippen LogP contribution in [-0.4, -0.2) is 11.0 Å². The molecule has 0 aliphatic heterocycles. The Hall–Kier alpha value is -1.77. The van der Waals surface area contributed by atoms with E-state index in [1.54, 1.807) is 0 Å². The minimum atomic E-state index is 0.175. The van der Waals surface area contributed by atoms with Gasteiger partial charge in [0.2, 0.25) is 6.41 Å². The lowest BCUT2D eigenvalue weighted by Crippen LogP contribution is -2.25. The SMILES string of the molecule is Cn1c2c(c3ccccc31)CCC[C@@H]2NC=O. The highest BCUT2D eigenvalue weighted by Crippen LogP contribution is 2.36. The number of hydrogen-bond acceptors (Lipinski definition) is 1. The van der Waals surface area contributed by atoms with Crippen LogP contribution in [0, 0.1) is 0 Å². The summed E-state index contributed by atoms with van der Waals surface area (Å²) >= 11 is 0. The third-order valence-electron chi connectivity index (χ3n) is 3.78. The van der Waals surface area contributed by atoms with Gasteiger partial charge in [-0.2, -0.15) is 0 Å². The quantitative estimate of drug-likeness (QED) is 0.786. The normalized spacial score (nSPS) is 19.0. The zero-order valence-electron chi connectivity index (χ0n) is 9.94. The number of amides is 1. The van der Waals surface area contributed by atoms with Gasteiger partial charge in [-0.3, -0.25) is 4.79 Å². The van der Waals surface area contributed by atoms with Crippen LogP contribution in [0.4, 0.5) is 0 Å². The van der Waals surface area contributed by atoms with Crippen molar-refractivity contribution in [1.29, 1.82) is 0 Å². The van der Waals surface area contributed by atoms with Crippen molar-refractivity contribution in [2.75, 3.05) is 0 Å². The Morgan fingerprint density at radius 1 is 1.41 bits per heavy atom. The zero-order chi connectivity index (χ0) is 11.8. The molecule has 0 bridgehead atoms. The van der Waals surface area contributed by atoms with Crippen molar-refractivity contribution in [1.82, 2.24) is 9.88 Å². The standard InChI is InChI=1S/C14H16N2O/c1-16-13-8-3-2-5-10(13)11-6-4-7-12(14(11)16)15-9-17/h2-3,5,8-9,12H,4,6-7H2,1H3,(H,15,17)/t12-/m0/s1. The maximum Gasteiger partial charge on any atom is 0.207 e. The van der Waals surface area contributed by atoms with Crippen LogP contribution in [0.2, 0.25) is 0 Å². The van der Waals surface area contributed by atoms with Crippen LogP contribution in [0.25, 0.3) is 10.9 Å². The summed E-state index contributed by atoms with van der Waals surface area (Å²) in [5.74, 6) is 0.